The van der Waals surface area contributed by atoms with E-state index in [0.717, 1.165) is 6.07 Å². The zero-order valence-electron chi connectivity index (χ0n) is 12.7. The van der Waals surface area contributed by atoms with E-state index in [1.807, 2.05) is 4.90 Å². The number of morpholine rings is 1. The van der Waals surface area contributed by atoms with Crippen LogP contribution in [-0.2, 0) is 11.3 Å². The van der Waals surface area contributed by atoms with Crippen molar-refractivity contribution in [2.24, 2.45) is 0 Å². The minimum atomic E-state index is -0.863. The predicted octanol–water partition coefficient (Wildman–Crippen LogP) is 1.93. The third-order valence-electron chi connectivity index (χ3n) is 3.87. The first-order chi connectivity index (χ1) is 11.0. The zero-order chi connectivity index (χ0) is 16.4. The van der Waals surface area contributed by atoms with Crippen molar-refractivity contribution < 1.29 is 13.5 Å². The minimum absolute atomic E-state index is 0.227. The van der Waals surface area contributed by atoms with Gasteiger partial charge in [-0.25, -0.2) is 13.8 Å². The maximum Gasteiger partial charge on any atom is 0.251 e. The van der Waals surface area contributed by atoms with Crippen molar-refractivity contribution in [3.8, 4) is 0 Å². The molecule has 0 spiro atoms. The van der Waals surface area contributed by atoms with Crippen molar-refractivity contribution in [3.05, 3.63) is 63.3 Å². The van der Waals surface area contributed by atoms with E-state index < -0.39 is 11.6 Å². The van der Waals surface area contributed by atoms with Gasteiger partial charge in [0.1, 0.15) is 5.82 Å². The average Bonchev–Trinajstić information content (AvgIpc) is 2.51. The zero-order valence-corrected chi connectivity index (χ0v) is 12.7. The number of nitrogens with one attached hydrogen (secondary N) is 1. The molecule has 7 heteroatoms. The Balaban J connectivity index is 1.89. The molecule has 122 valence electrons. The van der Waals surface area contributed by atoms with Crippen LogP contribution in [0, 0.1) is 18.6 Å². The molecule has 1 aliphatic rings. The molecule has 0 radical (unpaired) electrons. The van der Waals surface area contributed by atoms with E-state index in [0.29, 0.717) is 31.3 Å². The van der Waals surface area contributed by atoms with Crippen molar-refractivity contribution in [1.29, 1.82) is 0 Å². The van der Waals surface area contributed by atoms with E-state index in [-0.39, 0.29) is 23.7 Å². The summed E-state index contributed by atoms with van der Waals surface area (Å²) in [5.41, 5.74) is 0.608. The summed E-state index contributed by atoms with van der Waals surface area (Å²) in [5.74, 6) is -1.19. The number of halogens is 2. The lowest BCUT2D eigenvalue weighted by Crippen LogP contribution is -2.40. The standard InChI is InChI=1S/C16H17F2N3O2/c1-10-19-13(7-15(22)20-10)14-9-23-6-5-21(14)8-11-3-2-4-12(17)16(11)18/h2-4,7,14H,5-6,8-9H2,1H3,(H,19,20,22)/t14-/m1/s1. The summed E-state index contributed by atoms with van der Waals surface area (Å²) in [5, 5.41) is 0. The molecule has 3 rings (SSSR count). The topological polar surface area (TPSA) is 58.2 Å². The highest BCUT2D eigenvalue weighted by Crippen LogP contribution is 2.25. The third-order valence-corrected chi connectivity index (χ3v) is 3.87. The average molecular weight is 321 g/mol. The Morgan fingerprint density at radius 1 is 1.43 bits per heavy atom. The number of hydrogen-bond donors (Lipinski definition) is 1. The summed E-state index contributed by atoms with van der Waals surface area (Å²) < 4.78 is 32.8. The molecule has 1 fully saturated rings. The van der Waals surface area contributed by atoms with Gasteiger partial charge in [0.2, 0.25) is 0 Å². The number of aryl methyl sites for hydroxylation is 1. The molecule has 0 amide bonds. The van der Waals surface area contributed by atoms with Crippen LogP contribution < -0.4 is 5.56 Å². The van der Waals surface area contributed by atoms with E-state index in [1.54, 1.807) is 13.0 Å². The first-order valence-electron chi connectivity index (χ1n) is 7.37. The van der Waals surface area contributed by atoms with Crippen molar-refractivity contribution >= 4 is 0 Å². The number of H-pyrrole nitrogens is 1. The fourth-order valence-corrected chi connectivity index (χ4v) is 2.76. The van der Waals surface area contributed by atoms with Gasteiger partial charge in [-0.1, -0.05) is 12.1 Å². The van der Waals surface area contributed by atoms with Gasteiger partial charge in [-0.2, -0.15) is 0 Å². The van der Waals surface area contributed by atoms with Crippen LogP contribution in [0.25, 0.3) is 0 Å². The number of benzene rings is 1. The Bertz CT molecular complexity index is 763. The van der Waals surface area contributed by atoms with Crippen molar-refractivity contribution in [3.63, 3.8) is 0 Å². The Morgan fingerprint density at radius 3 is 3.04 bits per heavy atom. The number of aromatic amines is 1. The number of aromatic nitrogens is 2. The Labute approximate surface area is 131 Å². The summed E-state index contributed by atoms with van der Waals surface area (Å²) >= 11 is 0. The van der Waals surface area contributed by atoms with Gasteiger partial charge in [-0.05, 0) is 13.0 Å². The van der Waals surface area contributed by atoms with Crippen molar-refractivity contribution in [2.75, 3.05) is 19.8 Å². The molecule has 0 bridgehead atoms. The van der Waals surface area contributed by atoms with E-state index in [9.17, 15) is 13.6 Å². The summed E-state index contributed by atoms with van der Waals surface area (Å²) in [6, 6.07) is 5.28. The van der Waals surface area contributed by atoms with E-state index in [4.69, 9.17) is 4.74 Å². The number of ether oxygens (including phenoxy) is 1. The summed E-state index contributed by atoms with van der Waals surface area (Å²) in [7, 11) is 0. The van der Waals surface area contributed by atoms with Gasteiger partial charge in [0, 0.05) is 24.7 Å². The molecule has 0 unspecified atom stereocenters. The Kier molecular flexibility index (Phi) is 4.49. The lowest BCUT2D eigenvalue weighted by molar-refractivity contribution is -0.0148. The smallest absolute Gasteiger partial charge is 0.251 e. The molecule has 2 heterocycles. The molecule has 2 aromatic rings. The number of hydrogen-bond acceptors (Lipinski definition) is 4. The number of rotatable bonds is 3. The highest BCUT2D eigenvalue weighted by Gasteiger charge is 2.27. The first-order valence-corrected chi connectivity index (χ1v) is 7.37. The monoisotopic (exact) mass is 321 g/mol. The number of nitrogens with zero attached hydrogens (tertiary/aromatic N) is 2. The van der Waals surface area contributed by atoms with Gasteiger partial charge >= 0.3 is 0 Å². The maximum absolute atomic E-state index is 13.9. The van der Waals surface area contributed by atoms with E-state index in [1.165, 1.54) is 12.1 Å². The largest absolute Gasteiger partial charge is 0.378 e. The Hall–Kier alpha value is -2.12. The van der Waals surface area contributed by atoms with Gasteiger partial charge in [0.05, 0.1) is 24.9 Å². The predicted molar refractivity (Wildman–Crippen MR) is 79.9 cm³/mol. The second kappa shape index (κ2) is 6.55. The van der Waals surface area contributed by atoms with E-state index in [2.05, 4.69) is 9.97 Å². The van der Waals surface area contributed by atoms with Crippen molar-refractivity contribution in [2.45, 2.75) is 19.5 Å². The molecule has 0 aliphatic carbocycles. The molecular formula is C16H17F2N3O2. The fraction of sp³-hybridized carbons (Fsp3) is 0.375. The van der Waals surface area contributed by atoms with Gasteiger partial charge in [-0.15, -0.1) is 0 Å². The molecule has 23 heavy (non-hydrogen) atoms. The van der Waals surface area contributed by atoms with Crippen LogP contribution in [0.15, 0.2) is 29.1 Å². The first kappa shape index (κ1) is 15.8. The highest BCUT2D eigenvalue weighted by molar-refractivity contribution is 5.20. The normalized spacial score (nSPS) is 19.0. The molecule has 1 saturated heterocycles. The van der Waals surface area contributed by atoms with E-state index >= 15 is 0 Å². The van der Waals surface area contributed by atoms with Crippen LogP contribution in [0.4, 0.5) is 8.78 Å². The SMILES string of the molecule is Cc1nc([C@H]2COCCN2Cc2cccc(F)c2F)cc(=O)[nH]1. The molecule has 1 aromatic heterocycles. The van der Waals surface area contributed by atoms with Crippen molar-refractivity contribution in [1.82, 2.24) is 14.9 Å². The van der Waals surface area contributed by atoms with Crippen LogP contribution in [0.3, 0.4) is 0 Å². The van der Waals surface area contributed by atoms with Crippen LogP contribution in [0.2, 0.25) is 0 Å². The molecule has 5 nitrogen and oxygen atoms in total. The van der Waals surface area contributed by atoms with Crippen LogP contribution in [-0.4, -0.2) is 34.6 Å². The lowest BCUT2D eigenvalue weighted by atomic mass is 10.1. The summed E-state index contributed by atoms with van der Waals surface area (Å²) in [6.45, 7) is 3.33. The molecular weight excluding hydrogens is 304 g/mol. The molecule has 0 saturated carbocycles. The summed E-state index contributed by atoms with van der Waals surface area (Å²) in [6.07, 6.45) is 0. The molecule has 1 aliphatic heterocycles. The van der Waals surface area contributed by atoms with Gasteiger partial charge in [0.15, 0.2) is 11.6 Å². The van der Waals surface area contributed by atoms with Gasteiger partial charge in [-0.3, -0.25) is 9.69 Å². The molecule has 1 aromatic carbocycles. The Morgan fingerprint density at radius 2 is 2.26 bits per heavy atom. The van der Waals surface area contributed by atoms with Crippen LogP contribution in [0.5, 0.6) is 0 Å². The van der Waals surface area contributed by atoms with Crippen LogP contribution in [0.1, 0.15) is 23.1 Å². The highest BCUT2D eigenvalue weighted by atomic mass is 19.2. The third kappa shape index (κ3) is 3.46. The lowest BCUT2D eigenvalue weighted by Gasteiger charge is -2.35. The summed E-state index contributed by atoms with van der Waals surface area (Å²) in [4.78, 5) is 20.5. The maximum atomic E-state index is 13.9. The quantitative estimate of drug-likeness (QED) is 0.938. The fourth-order valence-electron chi connectivity index (χ4n) is 2.76. The van der Waals surface area contributed by atoms with Gasteiger partial charge in [0.25, 0.3) is 5.56 Å². The minimum Gasteiger partial charge on any atom is -0.378 e. The van der Waals surface area contributed by atoms with Crippen LogP contribution >= 0.6 is 0 Å². The second-order valence-corrected chi connectivity index (χ2v) is 5.53. The molecule has 1 atom stereocenters. The molecule has 1 N–H and O–H groups in total. The second-order valence-electron chi connectivity index (χ2n) is 5.53. The van der Waals surface area contributed by atoms with Gasteiger partial charge < -0.3 is 9.72 Å².